The molecule has 5 rings (SSSR count). The van der Waals surface area contributed by atoms with E-state index >= 15 is 0 Å². The van der Waals surface area contributed by atoms with Gasteiger partial charge in [0.25, 0.3) is 5.91 Å². The maximum atomic E-state index is 13.4. The number of carbonyl (C=O) groups excluding carboxylic acids is 1. The molecule has 0 saturated heterocycles. The summed E-state index contributed by atoms with van der Waals surface area (Å²) >= 11 is 0. The molecule has 3 aromatic carbocycles. The summed E-state index contributed by atoms with van der Waals surface area (Å²) in [5.41, 5.74) is 9.65. The van der Waals surface area contributed by atoms with Crippen LogP contribution < -0.4 is 0 Å². The third kappa shape index (κ3) is 4.61. The maximum Gasteiger partial charge on any atom is 0.304 e. The van der Waals surface area contributed by atoms with Gasteiger partial charge in [-0.3, -0.25) is 9.59 Å². The van der Waals surface area contributed by atoms with E-state index in [0.29, 0.717) is 13.1 Å². The smallest absolute Gasteiger partial charge is 0.304 e. The Morgan fingerprint density at radius 1 is 1.03 bits per heavy atom. The molecular formula is C30H32N4O3. The van der Waals surface area contributed by atoms with Gasteiger partial charge in [-0.25, -0.2) is 4.68 Å². The lowest BCUT2D eigenvalue weighted by molar-refractivity contribution is -0.137. The van der Waals surface area contributed by atoms with Crippen LogP contribution in [-0.4, -0.2) is 43.4 Å². The Labute approximate surface area is 216 Å². The van der Waals surface area contributed by atoms with E-state index in [2.05, 4.69) is 22.4 Å². The second-order valence-electron chi connectivity index (χ2n) is 10.0. The lowest BCUT2D eigenvalue weighted by Crippen LogP contribution is -2.36. The van der Waals surface area contributed by atoms with E-state index in [-0.39, 0.29) is 18.2 Å². The number of fused-ring (bicyclic) bond motifs is 2. The molecule has 0 unspecified atom stereocenters. The summed E-state index contributed by atoms with van der Waals surface area (Å²) in [6.45, 7) is 9.88. The molecule has 0 aliphatic carbocycles. The first-order valence-corrected chi connectivity index (χ1v) is 12.8. The highest BCUT2D eigenvalue weighted by Crippen LogP contribution is 2.35. The Bertz CT molecular complexity index is 1520. The maximum absolute atomic E-state index is 13.4. The highest BCUT2D eigenvalue weighted by atomic mass is 16.4. The minimum absolute atomic E-state index is 0.0296. The number of aromatic nitrogens is 3. The van der Waals surface area contributed by atoms with Crippen molar-refractivity contribution >= 4 is 22.9 Å². The van der Waals surface area contributed by atoms with E-state index in [1.54, 1.807) is 0 Å². The molecule has 37 heavy (non-hydrogen) atoms. The van der Waals surface area contributed by atoms with Gasteiger partial charge < -0.3 is 10.0 Å². The average molecular weight is 497 g/mol. The van der Waals surface area contributed by atoms with Gasteiger partial charge >= 0.3 is 5.97 Å². The first kappa shape index (κ1) is 24.7. The van der Waals surface area contributed by atoms with Crippen LogP contribution in [0.15, 0.2) is 48.5 Å². The van der Waals surface area contributed by atoms with E-state index < -0.39 is 5.97 Å². The number of hydrogen-bond acceptors (Lipinski definition) is 4. The van der Waals surface area contributed by atoms with Crippen molar-refractivity contribution in [3.63, 3.8) is 0 Å². The number of amides is 1. The molecule has 1 amide bonds. The summed E-state index contributed by atoms with van der Waals surface area (Å²) in [6.07, 6.45) is 0.749. The first-order chi connectivity index (χ1) is 17.8. The van der Waals surface area contributed by atoms with Gasteiger partial charge in [-0.05, 0) is 79.6 Å². The zero-order valence-electron chi connectivity index (χ0n) is 21.8. The van der Waals surface area contributed by atoms with Gasteiger partial charge in [-0.15, -0.1) is 5.10 Å². The summed E-state index contributed by atoms with van der Waals surface area (Å²) < 4.78 is 1.85. The van der Waals surface area contributed by atoms with Crippen LogP contribution >= 0.6 is 0 Å². The zero-order chi connectivity index (χ0) is 26.3. The van der Waals surface area contributed by atoms with Gasteiger partial charge in [0.2, 0.25) is 0 Å². The van der Waals surface area contributed by atoms with Gasteiger partial charge in [-0.2, -0.15) is 0 Å². The summed E-state index contributed by atoms with van der Waals surface area (Å²) in [6, 6.07) is 16.2. The van der Waals surface area contributed by atoms with E-state index in [1.165, 1.54) is 5.56 Å². The SMILES string of the molecule is CCn1nnc2c(C)c([C@H](CC(=O)O)c3ccc4c(c3)CN(C(=O)c3cc(C)ccc3C)CC4)ccc21. The normalized spacial score (nSPS) is 14.0. The van der Waals surface area contributed by atoms with E-state index in [9.17, 15) is 14.7 Å². The monoisotopic (exact) mass is 496 g/mol. The van der Waals surface area contributed by atoms with Crippen molar-refractivity contribution in [3.05, 3.63) is 93.0 Å². The molecule has 1 aromatic heterocycles. The van der Waals surface area contributed by atoms with Gasteiger partial charge in [0, 0.05) is 31.1 Å². The van der Waals surface area contributed by atoms with Crippen molar-refractivity contribution in [3.8, 4) is 0 Å². The molecular weight excluding hydrogens is 464 g/mol. The molecule has 190 valence electrons. The predicted molar refractivity (Wildman–Crippen MR) is 143 cm³/mol. The minimum Gasteiger partial charge on any atom is -0.481 e. The molecule has 2 heterocycles. The molecule has 1 N–H and O–H groups in total. The Kier molecular flexibility index (Phi) is 6.54. The topological polar surface area (TPSA) is 88.3 Å². The molecule has 0 saturated carbocycles. The molecule has 1 aliphatic rings. The number of benzene rings is 3. The van der Waals surface area contributed by atoms with Crippen LogP contribution in [0.4, 0.5) is 0 Å². The molecule has 7 heteroatoms. The van der Waals surface area contributed by atoms with E-state index in [4.69, 9.17) is 0 Å². The van der Waals surface area contributed by atoms with Crippen LogP contribution in [-0.2, 0) is 24.3 Å². The predicted octanol–water partition coefficient (Wildman–Crippen LogP) is 5.18. The second kappa shape index (κ2) is 9.81. The molecule has 1 atom stereocenters. The highest BCUT2D eigenvalue weighted by molar-refractivity contribution is 5.96. The van der Waals surface area contributed by atoms with Crippen molar-refractivity contribution in [1.29, 1.82) is 0 Å². The first-order valence-electron chi connectivity index (χ1n) is 12.8. The fourth-order valence-corrected chi connectivity index (χ4v) is 5.48. The van der Waals surface area contributed by atoms with Gasteiger partial charge in [0.1, 0.15) is 5.52 Å². The number of aliphatic carboxylic acids is 1. The highest BCUT2D eigenvalue weighted by Gasteiger charge is 2.26. The molecule has 0 fully saturated rings. The van der Waals surface area contributed by atoms with Gasteiger partial charge in [0.05, 0.1) is 11.9 Å². The Morgan fingerprint density at radius 2 is 1.84 bits per heavy atom. The summed E-state index contributed by atoms with van der Waals surface area (Å²) in [5.74, 6) is -1.14. The molecule has 0 radical (unpaired) electrons. The van der Waals surface area contributed by atoms with Crippen molar-refractivity contribution < 1.29 is 14.7 Å². The largest absolute Gasteiger partial charge is 0.481 e. The third-order valence-corrected chi connectivity index (χ3v) is 7.59. The summed E-state index contributed by atoms with van der Waals surface area (Å²) in [4.78, 5) is 27.2. The molecule has 7 nitrogen and oxygen atoms in total. The molecule has 4 aromatic rings. The van der Waals surface area contributed by atoms with Crippen LogP contribution in [0, 0.1) is 20.8 Å². The van der Waals surface area contributed by atoms with E-state index in [1.807, 2.05) is 73.7 Å². The lowest BCUT2D eigenvalue weighted by atomic mass is 9.83. The molecule has 0 bridgehead atoms. The fourth-order valence-electron chi connectivity index (χ4n) is 5.48. The van der Waals surface area contributed by atoms with Crippen molar-refractivity contribution in [1.82, 2.24) is 19.9 Å². The van der Waals surface area contributed by atoms with Crippen molar-refractivity contribution in [2.45, 2.75) is 59.5 Å². The number of carboxylic acid groups (broad SMARTS) is 1. The Hall–Kier alpha value is -4.00. The van der Waals surface area contributed by atoms with Crippen LogP contribution in [0.1, 0.15) is 68.6 Å². The van der Waals surface area contributed by atoms with Crippen LogP contribution in [0.5, 0.6) is 0 Å². The Balaban J connectivity index is 1.50. The quantitative estimate of drug-likeness (QED) is 0.397. The molecule has 0 spiro atoms. The van der Waals surface area contributed by atoms with E-state index in [0.717, 1.165) is 62.9 Å². The van der Waals surface area contributed by atoms with Gasteiger partial charge in [0.15, 0.2) is 0 Å². The second-order valence-corrected chi connectivity index (χ2v) is 10.0. The van der Waals surface area contributed by atoms with Crippen LogP contribution in [0.3, 0.4) is 0 Å². The fraction of sp³-hybridized carbons (Fsp3) is 0.333. The zero-order valence-corrected chi connectivity index (χ0v) is 21.8. The van der Waals surface area contributed by atoms with Crippen LogP contribution in [0.25, 0.3) is 11.0 Å². The number of nitrogens with zero attached hydrogens (tertiary/aromatic N) is 4. The molecule has 1 aliphatic heterocycles. The number of carbonyl (C=O) groups is 2. The Morgan fingerprint density at radius 3 is 2.59 bits per heavy atom. The number of carboxylic acids is 1. The number of aryl methyl sites for hydroxylation is 4. The standard InChI is InChI=1S/C30H32N4O3/c1-5-34-27-11-10-24(20(4)29(27)31-32-34)26(16-28(35)36)22-9-8-21-12-13-33(17-23(21)15-22)30(37)25-14-18(2)6-7-19(25)3/h6-11,14-15,26H,5,12-13,16-17H2,1-4H3,(H,35,36)/t26-/m1/s1. The van der Waals surface area contributed by atoms with Crippen molar-refractivity contribution in [2.75, 3.05) is 6.54 Å². The summed E-state index contributed by atoms with van der Waals surface area (Å²) in [5, 5.41) is 18.4. The van der Waals surface area contributed by atoms with Crippen molar-refractivity contribution in [2.24, 2.45) is 0 Å². The van der Waals surface area contributed by atoms with Crippen LogP contribution in [0.2, 0.25) is 0 Å². The number of hydrogen-bond donors (Lipinski definition) is 1. The third-order valence-electron chi connectivity index (χ3n) is 7.59. The van der Waals surface area contributed by atoms with Gasteiger partial charge in [-0.1, -0.05) is 47.2 Å². The number of rotatable bonds is 6. The average Bonchev–Trinajstić information content (AvgIpc) is 3.32. The summed E-state index contributed by atoms with van der Waals surface area (Å²) in [7, 11) is 0. The minimum atomic E-state index is -0.855. The lowest BCUT2D eigenvalue weighted by Gasteiger charge is -2.30.